The number of rotatable bonds is 6. The van der Waals surface area contributed by atoms with Gasteiger partial charge in [0.2, 0.25) is 10.0 Å². The second kappa shape index (κ2) is 9.98. The smallest absolute Gasteiger partial charge is 0.251 e. The second-order valence-electron chi connectivity index (χ2n) is 9.06. The zero-order valence-corrected chi connectivity index (χ0v) is 19.2. The highest BCUT2D eigenvalue weighted by Gasteiger charge is 2.38. The number of carbonyl (C=O) groups excluding carboxylic acids is 1. The van der Waals surface area contributed by atoms with Gasteiger partial charge < -0.3 is 10.1 Å². The number of nitrogens with zero attached hydrogens (tertiary/aromatic N) is 2. The zero-order chi connectivity index (χ0) is 21.7. The molecule has 0 spiro atoms. The first-order valence-corrected chi connectivity index (χ1v) is 13.2. The zero-order valence-electron chi connectivity index (χ0n) is 18.4. The molecule has 2 aliphatic heterocycles. The van der Waals surface area contributed by atoms with Crippen molar-refractivity contribution >= 4 is 15.9 Å². The van der Waals surface area contributed by atoms with Gasteiger partial charge in [-0.1, -0.05) is 25.7 Å². The van der Waals surface area contributed by atoms with E-state index < -0.39 is 10.0 Å². The Kier molecular flexibility index (Phi) is 7.31. The van der Waals surface area contributed by atoms with Gasteiger partial charge in [-0.05, 0) is 63.0 Å². The summed E-state index contributed by atoms with van der Waals surface area (Å²) in [6.07, 6.45) is 9.81. The summed E-state index contributed by atoms with van der Waals surface area (Å²) >= 11 is 0. The van der Waals surface area contributed by atoms with Gasteiger partial charge in [0.05, 0.1) is 18.1 Å². The fourth-order valence-corrected chi connectivity index (χ4v) is 6.65. The Morgan fingerprint density at radius 3 is 2.16 bits per heavy atom. The number of sulfonamides is 1. The molecule has 1 saturated carbocycles. The molecule has 2 heterocycles. The van der Waals surface area contributed by atoms with E-state index in [0.717, 1.165) is 25.9 Å². The Morgan fingerprint density at radius 2 is 1.52 bits per heavy atom. The van der Waals surface area contributed by atoms with Gasteiger partial charge >= 0.3 is 0 Å². The van der Waals surface area contributed by atoms with Crippen LogP contribution in [0.2, 0.25) is 0 Å². The molecule has 3 aliphatic rings. The average molecular weight is 450 g/mol. The van der Waals surface area contributed by atoms with E-state index in [1.54, 1.807) is 24.3 Å². The maximum atomic E-state index is 12.9. The van der Waals surface area contributed by atoms with Crippen molar-refractivity contribution in [1.29, 1.82) is 0 Å². The first-order valence-electron chi connectivity index (χ1n) is 11.7. The minimum absolute atomic E-state index is 0.0773. The van der Waals surface area contributed by atoms with Crippen molar-refractivity contribution in [3.63, 3.8) is 0 Å². The maximum Gasteiger partial charge on any atom is 0.251 e. The Bertz CT molecular complexity index is 838. The summed E-state index contributed by atoms with van der Waals surface area (Å²) < 4.78 is 32.3. The van der Waals surface area contributed by atoms with Crippen LogP contribution in [0.5, 0.6) is 0 Å². The average Bonchev–Trinajstić information content (AvgIpc) is 2.84. The summed E-state index contributed by atoms with van der Waals surface area (Å²) in [4.78, 5) is 15.7. The number of morpholine rings is 1. The van der Waals surface area contributed by atoms with Crippen LogP contribution >= 0.6 is 0 Å². The van der Waals surface area contributed by atoms with Gasteiger partial charge in [-0.3, -0.25) is 9.69 Å². The molecule has 1 N–H and O–H groups in total. The molecule has 31 heavy (non-hydrogen) atoms. The fourth-order valence-electron chi connectivity index (χ4n) is 5.24. The van der Waals surface area contributed by atoms with Gasteiger partial charge in [-0.15, -0.1) is 0 Å². The van der Waals surface area contributed by atoms with E-state index in [2.05, 4.69) is 10.2 Å². The third-order valence-electron chi connectivity index (χ3n) is 7.11. The van der Waals surface area contributed by atoms with Crippen LogP contribution in [-0.4, -0.2) is 75.0 Å². The summed E-state index contributed by atoms with van der Waals surface area (Å²) in [5.74, 6) is -0.128. The van der Waals surface area contributed by atoms with Crippen molar-refractivity contribution in [1.82, 2.24) is 14.5 Å². The van der Waals surface area contributed by atoms with E-state index in [4.69, 9.17) is 4.74 Å². The van der Waals surface area contributed by atoms with E-state index >= 15 is 0 Å². The van der Waals surface area contributed by atoms with E-state index in [0.29, 0.717) is 38.4 Å². The molecule has 0 bridgehead atoms. The summed E-state index contributed by atoms with van der Waals surface area (Å²) in [6.45, 7) is 4.48. The first-order chi connectivity index (χ1) is 15.0. The number of likely N-dealkylation sites (tertiary alicyclic amines) is 1. The van der Waals surface area contributed by atoms with Crippen LogP contribution in [0.1, 0.15) is 61.7 Å². The van der Waals surface area contributed by atoms with Crippen LogP contribution in [0.15, 0.2) is 29.2 Å². The van der Waals surface area contributed by atoms with Gasteiger partial charge in [0.15, 0.2) is 0 Å². The van der Waals surface area contributed by atoms with E-state index in [9.17, 15) is 13.2 Å². The summed E-state index contributed by atoms with van der Waals surface area (Å²) in [5, 5.41) is 3.17. The van der Waals surface area contributed by atoms with E-state index in [1.807, 2.05) is 0 Å². The Hall–Kier alpha value is -1.48. The van der Waals surface area contributed by atoms with Gasteiger partial charge in [0.25, 0.3) is 5.91 Å². The highest BCUT2D eigenvalue weighted by molar-refractivity contribution is 7.89. The Morgan fingerprint density at radius 1 is 0.903 bits per heavy atom. The molecule has 8 heteroatoms. The standard InChI is InChI=1S/C23H35N3O4S/c27-22(24-19-23(11-3-1-4-12-23)25-13-5-2-6-14-25)20-7-9-21(10-8-20)31(28,29)26-15-17-30-18-16-26/h7-10H,1-6,11-19H2,(H,24,27). The molecule has 7 nitrogen and oxygen atoms in total. The molecule has 4 rings (SSSR count). The number of benzene rings is 1. The highest BCUT2D eigenvalue weighted by Crippen LogP contribution is 2.35. The van der Waals surface area contributed by atoms with Crippen molar-refractivity contribution < 1.29 is 17.9 Å². The van der Waals surface area contributed by atoms with Crippen molar-refractivity contribution in [2.45, 2.75) is 61.8 Å². The molecule has 0 unspecified atom stereocenters. The molecule has 0 radical (unpaired) electrons. The molecule has 172 valence electrons. The quantitative estimate of drug-likeness (QED) is 0.722. The van der Waals surface area contributed by atoms with Gasteiger partial charge in [0, 0.05) is 30.7 Å². The van der Waals surface area contributed by atoms with Crippen LogP contribution in [0.3, 0.4) is 0 Å². The maximum absolute atomic E-state index is 12.9. The van der Waals surface area contributed by atoms with Gasteiger partial charge in [0.1, 0.15) is 0 Å². The van der Waals surface area contributed by atoms with Crippen LogP contribution in [0.25, 0.3) is 0 Å². The lowest BCUT2D eigenvalue weighted by atomic mass is 9.79. The molecule has 2 saturated heterocycles. The van der Waals surface area contributed by atoms with Crippen molar-refractivity contribution in [2.24, 2.45) is 0 Å². The van der Waals surface area contributed by atoms with E-state index in [-0.39, 0.29) is 16.3 Å². The van der Waals surface area contributed by atoms with Crippen LogP contribution in [-0.2, 0) is 14.8 Å². The minimum Gasteiger partial charge on any atom is -0.379 e. The number of nitrogens with one attached hydrogen (secondary N) is 1. The molecule has 1 amide bonds. The molecule has 0 atom stereocenters. The number of amides is 1. The van der Waals surface area contributed by atoms with Crippen LogP contribution in [0.4, 0.5) is 0 Å². The number of carbonyl (C=O) groups is 1. The fraction of sp³-hybridized carbons (Fsp3) is 0.696. The van der Waals surface area contributed by atoms with Crippen molar-refractivity contribution in [3.8, 4) is 0 Å². The Balaban J connectivity index is 1.41. The minimum atomic E-state index is -3.54. The van der Waals surface area contributed by atoms with Gasteiger partial charge in [-0.2, -0.15) is 4.31 Å². The SMILES string of the molecule is O=C(NCC1(N2CCCCC2)CCCCC1)c1ccc(S(=O)(=O)N2CCOCC2)cc1. The van der Waals surface area contributed by atoms with Crippen molar-refractivity contribution in [2.75, 3.05) is 45.9 Å². The third kappa shape index (κ3) is 5.13. The number of ether oxygens (including phenoxy) is 1. The highest BCUT2D eigenvalue weighted by atomic mass is 32.2. The molecule has 1 aromatic carbocycles. The third-order valence-corrected chi connectivity index (χ3v) is 9.03. The molecular weight excluding hydrogens is 414 g/mol. The number of piperidine rings is 1. The first kappa shape index (κ1) is 22.7. The normalized spacial score (nSPS) is 23.4. The molecule has 0 aromatic heterocycles. The molecule has 1 aliphatic carbocycles. The molecule has 3 fully saturated rings. The molecular formula is C23H35N3O4S. The summed E-state index contributed by atoms with van der Waals surface area (Å²) in [7, 11) is -3.54. The lowest BCUT2D eigenvalue weighted by Crippen LogP contribution is -2.58. The largest absolute Gasteiger partial charge is 0.379 e. The molecule has 1 aromatic rings. The number of hydrogen-bond donors (Lipinski definition) is 1. The summed E-state index contributed by atoms with van der Waals surface area (Å²) in [5.41, 5.74) is 0.582. The van der Waals surface area contributed by atoms with Gasteiger partial charge in [-0.25, -0.2) is 8.42 Å². The predicted molar refractivity (Wildman–Crippen MR) is 120 cm³/mol. The monoisotopic (exact) mass is 449 g/mol. The number of hydrogen-bond acceptors (Lipinski definition) is 5. The lowest BCUT2D eigenvalue weighted by molar-refractivity contribution is 0.0326. The summed E-state index contributed by atoms with van der Waals surface area (Å²) in [6, 6.07) is 6.33. The van der Waals surface area contributed by atoms with Crippen molar-refractivity contribution in [3.05, 3.63) is 29.8 Å². The predicted octanol–water partition coefficient (Wildman–Crippen LogP) is 2.63. The second-order valence-corrected chi connectivity index (χ2v) is 11.0. The van der Waals surface area contributed by atoms with Crippen LogP contribution < -0.4 is 5.32 Å². The lowest BCUT2D eigenvalue weighted by Gasteiger charge is -2.48. The van der Waals surface area contributed by atoms with E-state index in [1.165, 1.54) is 42.8 Å². The Labute approximate surface area is 186 Å². The topological polar surface area (TPSA) is 79.0 Å². The van der Waals surface area contributed by atoms with Crippen LogP contribution in [0, 0.1) is 0 Å².